The molecular weight excluding hydrogens is 238 g/mol. The van der Waals surface area contributed by atoms with E-state index in [1.165, 1.54) is 23.8 Å². The van der Waals surface area contributed by atoms with Gasteiger partial charge >= 0.3 is 0 Å². The maximum atomic E-state index is 11.4. The third kappa shape index (κ3) is 2.50. The molecule has 0 unspecified atom stereocenters. The second kappa shape index (κ2) is 5.91. The molecule has 0 fully saturated rings. The number of ether oxygens (including phenoxy) is 1. The highest BCUT2D eigenvalue weighted by Gasteiger charge is 2.14. The van der Waals surface area contributed by atoms with Crippen LogP contribution in [0.4, 0.5) is 0 Å². The molecular formula is C16H21NO2. The fourth-order valence-electron chi connectivity index (χ4n) is 2.61. The molecule has 2 rings (SSSR count). The fourth-order valence-corrected chi connectivity index (χ4v) is 2.61. The number of carbonyl (C=O) groups is 1. The van der Waals surface area contributed by atoms with Crippen molar-refractivity contribution in [1.82, 2.24) is 4.57 Å². The van der Waals surface area contributed by atoms with E-state index in [0.717, 1.165) is 36.1 Å². The average Bonchev–Trinajstić information content (AvgIpc) is 2.71. The molecule has 0 saturated heterocycles. The molecule has 0 N–H and O–H groups in total. The number of hydrogen-bond donors (Lipinski definition) is 0. The van der Waals surface area contributed by atoms with Crippen LogP contribution in [0.3, 0.4) is 0 Å². The van der Waals surface area contributed by atoms with Crippen molar-refractivity contribution in [3.8, 4) is 5.75 Å². The van der Waals surface area contributed by atoms with Gasteiger partial charge in [0.25, 0.3) is 0 Å². The predicted octanol–water partition coefficient (Wildman–Crippen LogP) is 3.73. The van der Waals surface area contributed by atoms with Gasteiger partial charge in [-0.1, -0.05) is 19.8 Å². The maximum absolute atomic E-state index is 11.4. The Morgan fingerprint density at radius 1 is 1.32 bits per heavy atom. The molecule has 3 nitrogen and oxygen atoms in total. The normalized spacial score (nSPS) is 10.9. The molecule has 0 radical (unpaired) electrons. The fraction of sp³-hybridized carbons (Fsp3) is 0.438. The zero-order chi connectivity index (χ0) is 13.8. The Kier molecular flexibility index (Phi) is 4.25. The van der Waals surface area contributed by atoms with Gasteiger partial charge in [0, 0.05) is 18.5 Å². The van der Waals surface area contributed by atoms with E-state index in [1.807, 2.05) is 23.7 Å². The van der Waals surface area contributed by atoms with Gasteiger partial charge in [-0.2, -0.15) is 0 Å². The molecule has 1 heterocycles. The van der Waals surface area contributed by atoms with Crippen LogP contribution in [-0.4, -0.2) is 18.0 Å². The van der Waals surface area contributed by atoms with Gasteiger partial charge < -0.3 is 9.30 Å². The molecule has 0 atom stereocenters. The van der Waals surface area contributed by atoms with Crippen molar-refractivity contribution < 1.29 is 9.53 Å². The van der Waals surface area contributed by atoms with Gasteiger partial charge in [0.05, 0.1) is 18.3 Å². The summed E-state index contributed by atoms with van der Waals surface area (Å²) in [6, 6.07) is 6.01. The van der Waals surface area contributed by atoms with Gasteiger partial charge in [0.15, 0.2) is 6.29 Å². The third-order valence-corrected chi connectivity index (χ3v) is 3.70. The summed E-state index contributed by atoms with van der Waals surface area (Å²) < 4.78 is 7.22. The van der Waals surface area contributed by atoms with E-state index in [2.05, 4.69) is 13.0 Å². The lowest BCUT2D eigenvalue weighted by molar-refractivity contribution is 0.111. The number of nitrogens with zero attached hydrogens (tertiary/aromatic N) is 1. The van der Waals surface area contributed by atoms with Crippen LogP contribution in [0.25, 0.3) is 10.9 Å². The molecule has 2 aromatic rings. The number of aromatic nitrogens is 1. The lowest BCUT2D eigenvalue weighted by atomic mass is 10.0. The zero-order valence-electron chi connectivity index (χ0n) is 11.9. The third-order valence-electron chi connectivity index (χ3n) is 3.70. The van der Waals surface area contributed by atoms with Crippen molar-refractivity contribution in [2.24, 2.45) is 7.05 Å². The first-order valence-corrected chi connectivity index (χ1v) is 6.83. The van der Waals surface area contributed by atoms with Crippen LogP contribution in [0.5, 0.6) is 5.75 Å². The number of aldehydes is 1. The summed E-state index contributed by atoms with van der Waals surface area (Å²) in [5.74, 6) is 0.825. The largest absolute Gasteiger partial charge is 0.497 e. The second-order valence-corrected chi connectivity index (χ2v) is 4.88. The number of unbranched alkanes of at least 4 members (excludes halogenated alkanes) is 2. The van der Waals surface area contributed by atoms with E-state index in [1.54, 1.807) is 7.11 Å². The number of carbonyl (C=O) groups excluding carboxylic acids is 1. The molecule has 0 aliphatic heterocycles. The van der Waals surface area contributed by atoms with E-state index in [9.17, 15) is 4.79 Å². The molecule has 19 heavy (non-hydrogen) atoms. The molecule has 1 aromatic carbocycles. The minimum atomic E-state index is 0.791. The van der Waals surface area contributed by atoms with Crippen molar-refractivity contribution in [3.63, 3.8) is 0 Å². The molecule has 0 spiro atoms. The smallest absolute Gasteiger partial charge is 0.166 e. The highest BCUT2D eigenvalue weighted by atomic mass is 16.5. The first-order valence-electron chi connectivity index (χ1n) is 6.83. The molecule has 0 amide bonds. The molecule has 102 valence electrons. The van der Waals surface area contributed by atoms with Crippen molar-refractivity contribution >= 4 is 17.2 Å². The Bertz CT molecular complexity index is 584. The van der Waals surface area contributed by atoms with Gasteiger partial charge in [-0.3, -0.25) is 4.79 Å². The predicted molar refractivity (Wildman–Crippen MR) is 78.1 cm³/mol. The van der Waals surface area contributed by atoms with Crippen LogP contribution in [0.2, 0.25) is 0 Å². The van der Waals surface area contributed by atoms with E-state index < -0.39 is 0 Å². The molecule has 1 aromatic heterocycles. The zero-order valence-corrected chi connectivity index (χ0v) is 11.9. The highest BCUT2D eigenvalue weighted by Crippen LogP contribution is 2.29. The summed E-state index contributed by atoms with van der Waals surface area (Å²) in [4.78, 5) is 11.4. The van der Waals surface area contributed by atoms with Gasteiger partial charge in [-0.05, 0) is 30.5 Å². The van der Waals surface area contributed by atoms with E-state index in [-0.39, 0.29) is 0 Å². The number of benzene rings is 1. The number of methoxy groups -OCH3 is 1. The summed E-state index contributed by atoms with van der Waals surface area (Å²) in [6.45, 7) is 2.19. The number of hydrogen-bond acceptors (Lipinski definition) is 2. The van der Waals surface area contributed by atoms with Crippen LogP contribution >= 0.6 is 0 Å². The topological polar surface area (TPSA) is 31.2 Å². The minimum Gasteiger partial charge on any atom is -0.497 e. The lowest BCUT2D eigenvalue weighted by Gasteiger charge is -2.01. The standard InChI is InChI=1S/C16H21NO2/c1-4-5-6-7-13-14-9-8-12(19-3)10-15(14)17(2)16(13)11-18/h8-11H,4-7H2,1-3H3. The molecule has 3 heteroatoms. The first-order chi connectivity index (χ1) is 9.22. The van der Waals surface area contributed by atoms with E-state index in [0.29, 0.717) is 0 Å². The lowest BCUT2D eigenvalue weighted by Crippen LogP contribution is -1.97. The Hall–Kier alpha value is -1.77. The van der Waals surface area contributed by atoms with Crippen molar-refractivity contribution in [3.05, 3.63) is 29.5 Å². The van der Waals surface area contributed by atoms with Gasteiger partial charge in [0.2, 0.25) is 0 Å². The Labute approximate surface area is 114 Å². The van der Waals surface area contributed by atoms with Gasteiger partial charge in [-0.15, -0.1) is 0 Å². The van der Waals surface area contributed by atoms with Crippen molar-refractivity contribution in [2.75, 3.05) is 7.11 Å². The average molecular weight is 259 g/mol. The molecule has 0 aliphatic carbocycles. The van der Waals surface area contributed by atoms with Crippen LogP contribution in [-0.2, 0) is 13.5 Å². The Morgan fingerprint density at radius 3 is 2.74 bits per heavy atom. The molecule has 0 bridgehead atoms. The van der Waals surface area contributed by atoms with Crippen molar-refractivity contribution in [1.29, 1.82) is 0 Å². The summed E-state index contributed by atoms with van der Waals surface area (Å²) in [5.41, 5.74) is 3.02. The Balaban J connectivity index is 2.51. The van der Waals surface area contributed by atoms with E-state index in [4.69, 9.17) is 4.74 Å². The second-order valence-electron chi connectivity index (χ2n) is 4.88. The maximum Gasteiger partial charge on any atom is 0.166 e. The monoisotopic (exact) mass is 259 g/mol. The van der Waals surface area contributed by atoms with E-state index >= 15 is 0 Å². The number of fused-ring (bicyclic) bond motifs is 1. The Morgan fingerprint density at radius 2 is 2.11 bits per heavy atom. The molecule has 0 aliphatic rings. The number of aryl methyl sites for hydroxylation is 2. The SMILES string of the molecule is CCCCCc1c(C=O)n(C)c2cc(OC)ccc12. The van der Waals surface area contributed by atoms with Crippen LogP contribution in [0.1, 0.15) is 42.2 Å². The minimum absolute atomic E-state index is 0.791. The van der Waals surface area contributed by atoms with Crippen LogP contribution in [0.15, 0.2) is 18.2 Å². The van der Waals surface area contributed by atoms with Crippen LogP contribution in [0, 0.1) is 0 Å². The van der Waals surface area contributed by atoms with Crippen LogP contribution < -0.4 is 4.74 Å². The first kappa shape index (κ1) is 13.7. The van der Waals surface area contributed by atoms with Crippen molar-refractivity contribution in [2.45, 2.75) is 32.6 Å². The quantitative estimate of drug-likeness (QED) is 0.584. The molecule has 0 saturated carbocycles. The summed E-state index contributed by atoms with van der Waals surface area (Å²) in [5, 5.41) is 1.17. The summed E-state index contributed by atoms with van der Waals surface area (Å²) in [6.07, 6.45) is 5.45. The summed E-state index contributed by atoms with van der Waals surface area (Å²) in [7, 11) is 3.60. The summed E-state index contributed by atoms with van der Waals surface area (Å²) >= 11 is 0. The van der Waals surface area contributed by atoms with Gasteiger partial charge in [0.1, 0.15) is 5.75 Å². The van der Waals surface area contributed by atoms with Gasteiger partial charge in [-0.25, -0.2) is 0 Å². The number of rotatable bonds is 6. The highest BCUT2D eigenvalue weighted by molar-refractivity contribution is 5.93.